The van der Waals surface area contributed by atoms with Gasteiger partial charge in [0, 0.05) is 17.5 Å². The van der Waals surface area contributed by atoms with E-state index in [1.54, 1.807) is 29.2 Å². The average molecular weight is 348 g/mol. The fraction of sp³-hybridized carbons (Fsp3) is 0.438. The fourth-order valence-corrected chi connectivity index (χ4v) is 4.77. The van der Waals surface area contributed by atoms with Crippen LogP contribution in [-0.2, 0) is 21.1 Å². The van der Waals surface area contributed by atoms with Crippen molar-refractivity contribution < 1.29 is 13.2 Å². The van der Waals surface area contributed by atoms with E-state index in [0.29, 0.717) is 12.1 Å². The Labute approximate surface area is 141 Å². The molecule has 2 aromatic rings. The molecule has 0 radical (unpaired) electrons. The zero-order chi connectivity index (χ0) is 17.3. The molecule has 0 aromatic carbocycles. The standard InChI is InChI=1S/C16H20N4O3S/c1-11-15(8-16(21)18-13-4-3-6-17-9-13)12(2)20(19-11)14-5-7-24(22,23)10-14/h3-4,6,9,14H,5,7-8,10H2,1-2H3,(H,18,21). The second-order valence-electron chi connectivity index (χ2n) is 6.12. The van der Waals surface area contributed by atoms with Gasteiger partial charge in [-0.3, -0.25) is 14.5 Å². The summed E-state index contributed by atoms with van der Waals surface area (Å²) in [6.07, 6.45) is 4.01. The summed E-state index contributed by atoms with van der Waals surface area (Å²) in [6.45, 7) is 3.73. The number of rotatable bonds is 4. The summed E-state index contributed by atoms with van der Waals surface area (Å²) in [7, 11) is -2.97. The normalized spacial score (nSPS) is 19.3. The smallest absolute Gasteiger partial charge is 0.228 e. The molecule has 1 fully saturated rings. The molecule has 0 bridgehead atoms. The molecule has 3 heterocycles. The summed E-state index contributed by atoms with van der Waals surface area (Å²) in [6, 6.07) is 3.39. The van der Waals surface area contributed by atoms with Gasteiger partial charge in [0.15, 0.2) is 9.84 Å². The first-order chi connectivity index (χ1) is 11.4. The van der Waals surface area contributed by atoms with E-state index in [9.17, 15) is 13.2 Å². The monoisotopic (exact) mass is 348 g/mol. The van der Waals surface area contributed by atoms with Crippen LogP contribution in [0.4, 0.5) is 5.69 Å². The highest BCUT2D eigenvalue weighted by Gasteiger charge is 2.31. The number of carbonyl (C=O) groups is 1. The van der Waals surface area contributed by atoms with E-state index in [0.717, 1.165) is 17.0 Å². The van der Waals surface area contributed by atoms with Crippen LogP contribution in [0.15, 0.2) is 24.5 Å². The minimum Gasteiger partial charge on any atom is -0.324 e. The number of sulfone groups is 1. The fourth-order valence-electron chi connectivity index (χ4n) is 3.08. The molecule has 0 spiro atoms. The molecule has 0 saturated carbocycles. The van der Waals surface area contributed by atoms with Crippen LogP contribution < -0.4 is 5.32 Å². The van der Waals surface area contributed by atoms with Crippen LogP contribution in [0.5, 0.6) is 0 Å². The lowest BCUT2D eigenvalue weighted by Gasteiger charge is -2.11. The van der Waals surface area contributed by atoms with Gasteiger partial charge in [0.05, 0.1) is 41.5 Å². The van der Waals surface area contributed by atoms with Gasteiger partial charge in [0.2, 0.25) is 5.91 Å². The van der Waals surface area contributed by atoms with E-state index in [2.05, 4.69) is 15.4 Å². The van der Waals surface area contributed by atoms with Crippen molar-refractivity contribution in [3.05, 3.63) is 41.5 Å². The van der Waals surface area contributed by atoms with Gasteiger partial charge in [0.1, 0.15) is 0 Å². The molecule has 1 saturated heterocycles. The van der Waals surface area contributed by atoms with Crippen LogP contribution in [0.25, 0.3) is 0 Å². The lowest BCUT2D eigenvalue weighted by Crippen LogP contribution is -2.16. The lowest BCUT2D eigenvalue weighted by molar-refractivity contribution is -0.115. The van der Waals surface area contributed by atoms with Crippen molar-refractivity contribution in [3.8, 4) is 0 Å². The Balaban J connectivity index is 1.76. The minimum atomic E-state index is -2.97. The van der Waals surface area contributed by atoms with Crippen LogP contribution >= 0.6 is 0 Å². The Bertz CT molecular complexity index is 859. The zero-order valence-corrected chi connectivity index (χ0v) is 14.5. The van der Waals surface area contributed by atoms with Gasteiger partial charge < -0.3 is 5.32 Å². The van der Waals surface area contributed by atoms with Crippen LogP contribution in [0.3, 0.4) is 0 Å². The van der Waals surface area contributed by atoms with Crippen molar-refractivity contribution in [1.82, 2.24) is 14.8 Å². The third-order valence-electron chi connectivity index (χ3n) is 4.31. The number of hydrogen-bond acceptors (Lipinski definition) is 5. The number of aryl methyl sites for hydroxylation is 1. The number of hydrogen-bond donors (Lipinski definition) is 1. The Morgan fingerprint density at radius 2 is 2.21 bits per heavy atom. The summed E-state index contributed by atoms with van der Waals surface area (Å²) in [5.41, 5.74) is 3.11. The summed E-state index contributed by atoms with van der Waals surface area (Å²) in [4.78, 5) is 16.2. The Kier molecular flexibility index (Phi) is 4.40. The van der Waals surface area contributed by atoms with Crippen molar-refractivity contribution in [2.24, 2.45) is 0 Å². The molecule has 128 valence electrons. The second kappa shape index (κ2) is 6.35. The third-order valence-corrected chi connectivity index (χ3v) is 6.06. The number of pyridine rings is 1. The number of carbonyl (C=O) groups excluding carboxylic acids is 1. The molecule has 0 aliphatic carbocycles. The van der Waals surface area contributed by atoms with Crippen molar-refractivity contribution >= 4 is 21.4 Å². The Morgan fingerprint density at radius 3 is 2.83 bits per heavy atom. The quantitative estimate of drug-likeness (QED) is 0.902. The summed E-state index contributed by atoms with van der Waals surface area (Å²) >= 11 is 0. The third kappa shape index (κ3) is 3.48. The summed E-state index contributed by atoms with van der Waals surface area (Å²) in [5, 5.41) is 7.28. The summed E-state index contributed by atoms with van der Waals surface area (Å²) < 4.78 is 25.1. The van der Waals surface area contributed by atoms with E-state index in [1.165, 1.54) is 0 Å². The van der Waals surface area contributed by atoms with Crippen LogP contribution in [0, 0.1) is 13.8 Å². The first-order valence-corrected chi connectivity index (χ1v) is 9.63. The van der Waals surface area contributed by atoms with Gasteiger partial charge in [0.25, 0.3) is 0 Å². The summed E-state index contributed by atoms with van der Waals surface area (Å²) in [5.74, 6) is 0.177. The minimum absolute atomic E-state index is 0.121. The number of aromatic nitrogens is 3. The van der Waals surface area contributed by atoms with Gasteiger partial charge in [-0.15, -0.1) is 0 Å². The molecule has 1 unspecified atom stereocenters. The molecular formula is C16H20N4O3S. The maximum atomic E-state index is 12.2. The Hall–Kier alpha value is -2.22. The van der Waals surface area contributed by atoms with Crippen molar-refractivity contribution in [1.29, 1.82) is 0 Å². The molecule has 1 aliphatic heterocycles. The van der Waals surface area contributed by atoms with Crippen molar-refractivity contribution in [2.45, 2.75) is 32.7 Å². The molecule has 7 nitrogen and oxygen atoms in total. The predicted octanol–water partition coefficient (Wildman–Crippen LogP) is 1.44. The van der Waals surface area contributed by atoms with E-state index in [1.807, 2.05) is 13.8 Å². The van der Waals surface area contributed by atoms with E-state index in [4.69, 9.17) is 0 Å². The molecule has 1 aliphatic rings. The van der Waals surface area contributed by atoms with Gasteiger partial charge in [-0.05, 0) is 32.4 Å². The first kappa shape index (κ1) is 16.6. The van der Waals surface area contributed by atoms with E-state index in [-0.39, 0.29) is 29.9 Å². The molecule has 1 amide bonds. The van der Waals surface area contributed by atoms with Crippen molar-refractivity contribution in [2.75, 3.05) is 16.8 Å². The molecule has 2 aromatic heterocycles. The largest absolute Gasteiger partial charge is 0.324 e. The number of nitrogens with zero attached hydrogens (tertiary/aromatic N) is 3. The maximum absolute atomic E-state index is 12.2. The van der Waals surface area contributed by atoms with Crippen LogP contribution in [-0.4, -0.2) is 40.6 Å². The van der Waals surface area contributed by atoms with Crippen LogP contribution in [0.1, 0.15) is 29.4 Å². The van der Waals surface area contributed by atoms with Gasteiger partial charge >= 0.3 is 0 Å². The molecule has 3 rings (SSSR count). The number of anilines is 1. The highest BCUT2D eigenvalue weighted by atomic mass is 32.2. The van der Waals surface area contributed by atoms with Gasteiger partial charge in [-0.2, -0.15) is 5.10 Å². The van der Waals surface area contributed by atoms with Crippen molar-refractivity contribution in [3.63, 3.8) is 0 Å². The molecule has 24 heavy (non-hydrogen) atoms. The van der Waals surface area contributed by atoms with E-state index < -0.39 is 9.84 Å². The Morgan fingerprint density at radius 1 is 1.42 bits per heavy atom. The van der Waals surface area contributed by atoms with Gasteiger partial charge in [-0.25, -0.2) is 8.42 Å². The zero-order valence-electron chi connectivity index (χ0n) is 13.7. The molecule has 8 heteroatoms. The second-order valence-corrected chi connectivity index (χ2v) is 8.35. The predicted molar refractivity (Wildman–Crippen MR) is 90.6 cm³/mol. The topological polar surface area (TPSA) is 94.0 Å². The lowest BCUT2D eigenvalue weighted by atomic mass is 10.1. The first-order valence-electron chi connectivity index (χ1n) is 7.80. The van der Waals surface area contributed by atoms with Gasteiger partial charge in [-0.1, -0.05) is 0 Å². The number of nitrogens with one attached hydrogen (secondary N) is 1. The highest BCUT2D eigenvalue weighted by molar-refractivity contribution is 7.91. The molecular weight excluding hydrogens is 328 g/mol. The van der Waals surface area contributed by atoms with Crippen LogP contribution in [0.2, 0.25) is 0 Å². The number of amides is 1. The molecule has 1 atom stereocenters. The SMILES string of the molecule is Cc1nn(C2CCS(=O)(=O)C2)c(C)c1CC(=O)Nc1cccnc1. The average Bonchev–Trinajstić information content (AvgIpc) is 3.02. The molecule has 1 N–H and O–H groups in total. The maximum Gasteiger partial charge on any atom is 0.228 e. The van der Waals surface area contributed by atoms with E-state index >= 15 is 0 Å². The highest BCUT2D eigenvalue weighted by Crippen LogP contribution is 2.27.